The van der Waals surface area contributed by atoms with Crippen molar-refractivity contribution in [2.24, 2.45) is 0 Å². The Morgan fingerprint density at radius 1 is 1.07 bits per heavy atom. The number of hydrogen-bond acceptors (Lipinski definition) is 8. The third-order valence-electron chi connectivity index (χ3n) is 3.99. The molecule has 2 aromatic carbocycles. The smallest absolute Gasteiger partial charge is 0.344 e. The number of hydrogen-bond donors (Lipinski definition) is 0. The van der Waals surface area contributed by atoms with Gasteiger partial charge in [-0.25, -0.2) is 4.79 Å². The van der Waals surface area contributed by atoms with Gasteiger partial charge in [0.1, 0.15) is 23.8 Å². The Hall–Kier alpha value is -3.68. The Bertz CT molecular complexity index is 982. The highest BCUT2D eigenvalue weighted by Crippen LogP contribution is 2.36. The van der Waals surface area contributed by atoms with Gasteiger partial charge in [-0.1, -0.05) is 11.2 Å². The fourth-order valence-corrected chi connectivity index (χ4v) is 2.60. The lowest BCUT2D eigenvalue weighted by Crippen LogP contribution is -2.14. The van der Waals surface area contributed by atoms with E-state index >= 15 is 0 Å². The van der Waals surface area contributed by atoms with E-state index in [2.05, 4.69) is 5.16 Å². The van der Waals surface area contributed by atoms with E-state index in [0.29, 0.717) is 34.5 Å². The highest BCUT2D eigenvalue weighted by atomic mass is 16.7. The van der Waals surface area contributed by atoms with Crippen LogP contribution >= 0.6 is 0 Å². The van der Waals surface area contributed by atoms with E-state index in [1.807, 2.05) is 6.07 Å². The van der Waals surface area contributed by atoms with E-state index < -0.39 is 5.97 Å². The highest BCUT2D eigenvalue weighted by molar-refractivity contribution is 5.71. The third kappa shape index (κ3) is 4.01. The van der Waals surface area contributed by atoms with Crippen LogP contribution in [0.5, 0.6) is 23.0 Å². The monoisotopic (exact) mass is 383 g/mol. The molecule has 0 bridgehead atoms. The molecule has 0 saturated carbocycles. The van der Waals surface area contributed by atoms with Crippen LogP contribution in [-0.4, -0.2) is 31.6 Å². The van der Waals surface area contributed by atoms with Crippen LogP contribution in [0.25, 0.3) is 11.3 Å². The Morgan fingerprint density at radius 3 is 2.82 bits per heavy atom. The topological polar surface area (TPSA) is 89.3 Å². The lowest BCUT2D eigenvalue weighted by atomic mass is 10.1. The normalized spacial score (nSPS) is 11.9. The van der Waals surface area contributed by atoms with E-state index in [1.165, 1.54) is 0 Å². The summed E-state index contributed by atoms with van der Waals surface area (Å²) in [5, 5.41) is 3.92. The van der Waals surface area contributed by atoms with Crippen LogP contribution in [0, 0.1) is 0 Å². The zero-order valence-corrected chi connectivity index (χ0v) is 15.0. The van der Waals surface area contributed by atoms with Crippen molar-refractivity contribution in [2.45, 2.75) is 6.61 Å². The first-order valence-electron chi connectivity index (χ1n) is 8.49. The van der Waals surface area contributed by atoms with E-state index in [-0.39, 0.29) is 20.0 Å². The summed E-state index contributed by atoms with van der Waals surface area (Å²) in [6, 6.07) is 14.1. The molecule has 1 aliphatic heterocycles. The Kier molecular flexibility index (Phi) is 5.01. The van der Waals surface area contributed by atoms with Gasteiger partial charge in [-0.2, -0.15) is 0 Å². The Labute approximate surface area is 160 Å². The van der Waals surface area contributed by atoms with Gasteiger partial charge in [-0.15, -0.1) is 0 Å². The predicted octanol–water partition coefficient (Wildman–Crippen LogP) is 3.20. The first kappa shape index (κ1) is 17.7. The molecule has 0 N–H and O–H groups in total. The summed E-state index contributed by atoms with van der Waals surface area (Å²) in [6.07, 6.45) is 0. The van der Waals surface area contributed by atoms with Crippen molar-refractivity contribution in [2.75, 3.05) is 20.5 Å². The number of benzene rings is 2. The molecule has 3 aromatic rings. The number of rotatable bonds is 7. The number of nitrogens with zero attached hydrogens (tertiary/aromatic N) is 1. The molecule has 1 aliphatic rings. The average Bonchev–Trinajstić information content (AvgIpc) is 3.39. The third-order valence-corrected chi connectivity index (χ3v) is 3.99. The van der Waals surface area contributed by atoms with Crippen molar-refractivity contribution in [3.05, 3.63) is 54.2 Å². The summed E-state index contributed by atoms with van der Waals surface area (Å²) in [5.41, 5.74) is 1.28. The molecule has 0 saturated heterocycles. The number of esters is 1. The van der Waals surface area contributed by atoms with Crippen molar-refractivity contribution in [1.29, 1.82) is 0 Å². The standard InChI is InChI=1S/C20H17NO7/c1-23-15-3-2-4-16(9-15)24-11-20(22)25-10-14-8-18(28-21-14)13-5-6-17-19(7-13)27-12-26-17/h2-9H,10-12H2,1H3. The van der Waals surface area contributed by atoms with Crippen LogP contribution in [0.15, 0.2) is 53.1 Å². The largest absolute Gasteiger partial charge is 0.497 e. The molecule has 1 aromatic heterocycles. The van der Waals surface area contributed by atoms with Gasteiger partial charge >= 0.3 is 5.97 Å². The van der Waals surface area contributed by atoms with Gasteiger partial charge in [0, 0.05) is 17.7 Å². The van der Waals surface area contributed by atoms with Gasteiger partial charge in [0.25, 0.3) is 0 Å². The van der Waals surface area contributed by atoms with E-state index in [4.69, 9.17) is 28.2 Å². The summed E-state index contributed by atoms with van der Waals surface area (Å²) in [7, 11) is 1.56. The van der Waals surface area contributed by atoms with Crippen LogP contribution in [-0.2, 0) is 16.1 Å². The molecule has 28 heavy (non-hydrogen) atoms. The molecular weight excluding hydrogens is 366 g/mol. The van der Waals surface area contributed by atoms with Crippen LogP contribution in [0.1, 0.15) is 5.69 Å². The van der Waals surface area contributed by atoms with Crippen LogP contribution < -0.4 is 18.9 Å². The fourth-order valence-electron chi connectivity index (χ4n) is 2.60. The summed E-state index contributed by atoms with van der Waals surface area (Å²) >= 11 is 0. The molecule has 8 nitrogen and oxygen atoms in total. The second-order valence-electron chi connectivity index (χ2n) is 5.88. The van der Waals surface area contributed by atoms with E-state index in [0.717, 1.165) is 5.56 Å². The van der Waals surface area contributed by atoms with Gasteiger partial charge in [-0.3, -0.25) is 0 Å². The summed E-state index contributed by atoms with van der Waals surface area (Å²) in [6.45, 7) is -0.0391. The second-order valence-corrected chi connectivity index (χ2v) is 5.88. The number of aromatic nitrogens is 1. The number of fused-ring (bicyclic) bond motifs is 1. The Morgan fingerprint density at radius 2 is 1.93 bits per heavy atom. The van der Waals surface area contributed by atoms with Crippen LogP contribution in [0.3, 0.4) is 0 Å². The second kappa shape index (κ2) is 7.91. The zero-order valence-electron chi connectivity index (χ0n) is 15.0. The molecule has 0 unspecified atom stereocenters. The van der Waals surface area contributed by atoms with Crippen LogP contribution in [0.2, 0.25) is 0 Å². The molecule has 4 rings (SSSR count). The minimum absolute atomic E-state index is 0.0195. The molecule has 0 spiro atoms. The number of carbonyl (C=O) groups excluding carboxylic acids is 1. The maximum atomic E-state index is 11.9. The van der Waals surface area contributed by atoms with Crippen LogP contribution in [0.4, 0.5) is 0 Å². The first-order chi connectivity index (χ1) is 13.7. The summed E-state index contributed by atoms with van der Waals surface area (Å²) in [5.74, 6) is 2.52. The molecule has 8 heteroatoms. The zero-order chi connectivity index (χ0) is 19.3. The molecule has 0 amide bonds. The van der Waals surface area contributed by atoms with Crippen molar-refractivity contribution in [3.63, 3.8) is 0 Å². The first-order valence-corrected chi connectivity index (χ1v) is 8.49. The maximum Gasteiger partial charge on any atom is 0.344 e. The SMILES string of the molecule is COc1cccc(OCC(=O)OCc2cc(-c3ccc4c(c3)OCO4)on2)c1. The predicted molar refractivity (Wildman–Crippen MR) is 96.3 cm³/mol. The molecule has 0 radical (unpaired) electrons. The number of ether oxygens (including phenoxy) is 5. The average molecular weight is 383 g/mol. The summed E-state index contributed by atoms with van der Waals surface area (Å²) in [4.78, 5) is 11.9. The fraction of sp³-hybridized carbons (Fsp3) is 0.200. The van der Waals surface area contributed by atoms with Crippen molar-refractivity contribution >= 4 is 5.97 Å². The minimum atomic E-state index is -0.518. The Balaban J connectivity index is 1.30. The minimum Gasteiger partial charge on any atom is -0.497 e. The van der Waals surface area contributed by atoms with Gasteiger partial charge in [0.05, 0.1) is 7.11 Å². The van der Waals surface area contributed by atoms with Gasteiger partial charge in [-0.05, 0) is 30.3 Å². The lowest BCUT2D eigenvalue weighted by Gasteiger charge is -2.07. The number of carbonyl (C=O) groups is 1. The van der Waals surface area contributed by atoms with Gasteiger partial charge in [0.15, 0.2) is 23.9 Å². The number of methoxy groups -OCH3 is 1. The maximum absolute atomic E-state index is 11.9. The van der Waals surface area contributed by atoms with Crippen molar-refractivity contribution < 1.29 is 33.0 Å². The van der Waals surface area contributed by atoms with E-state index in [1.54, 1.807) is 49.6 Å². The van der Waals surface area contributed by atoms with Crippen molar-refractivity contribution in [3.8, 4) is 34.3 Å². The van der Waals surface area contributed by atoms with E-state index in [9.17, 15) is 4.79 Å². The summed E-state index contributed by atoms with van der Waals surface area (Å²) < 4.78 is 31.6. The molecule has 0 fully saturated rings. The molecule has 2 heterocycles. The van der Waals surface area contributed by atoms with Crippen molar-refractivity contribution in [1.82, 2.24) is 5.16 Å². The lowest BCUT2D eigenvalue weighted by molar-refractivity contribution is -0.147. The molecular formula is C20H17NO7. The van der Waals surface area contributed by atoms with Gasteiger partial charge in [0.2, 0.25) is 6.79 Å². The molecule has 0 aliphatic carbocycles. The molecule has 144 valence electrons. The van der Waals surface area contributed by atoms with Gasteiger partial charge < -0.3 is 28.2 Å². The quantitative estimate of drug-likeness (QED) is 0.575. The molecule has 0 atom stereocenters. The highest BCUT2D eigenvalue weighted by Gasteiger charge is 2.16.